The normalized spacial score (nSPS) is 21.8. The second-order valence-electron chi connectivity index (χ2n) is 8.34. The Balaban J connectivity index is 1.46. The molecule has 1 saturated heterocycles. The fraction of sp³-hybridized carbons (Fsp3) is 0.375. The van der Waals surface area contributed by atoms with Crippen molar-refractivity contribution in [2.75, 3.05) is 31.3 Å². The number of benzene rings is 2. The van der Waals surface area contributed by atoms with Gasteiger partial charge < -0.3 is 30.3 Å². The first-order valence-electron chi connectivity index (χ1n) is 11.1. The molecular formula is C24H27FN4O5. The van der Waals surface area contributed by atoms with Gasteiger partial charge in [-0.1, -0.05) is 0 Å². The lowest BCUT2D eigenvalue weighted by Gasteiger charge is -2.42. The quantitative estimate of drug-likeness (QED) is 0.637. The molecule has 180 valence electrons. The monoisotopic (exact) mass is 470 g/mol. The minimum atomic E-state index is -0.526. The minimum absolute atomic E-state index is 0.0894. The summed E-state index contributed by atoms with van der Waals surface area (Å²) in [6.45, 7) is 0.233. The van der Waals surface area contributed by atoms with Gasteiger partial charge in [-0.2, -0.15) is 0 Å². The van der Waals surface area contributed by atoms with Crippen LogP contribution in [0.4, 0.5) is 20.6 Å². The first-order chi connectivity index (χ1) is 16.3. The van der Waals surface area contributed by atoms with E-state index in [0.29, 0.717) is 35.5 Å². The first-order valence-corrected chi connectivity index (χ1v) is 11.1. The van der Waals surface area contributed by atoms with E-state index in [9.17, 15) is 18.8 Å². The summed E-state index contributed by atoms with van der Waals surface area (Å²) in [6, 6.07) is 9.49. The van der Waals surface area contributed by atoms with Gasteiger partial charge in [-0.05, 0) is 55.3 Å². The zero-order chi connectivity index (χ0) is 24.2. The molecule has 10 heteroatoms. The van der Waals surface area contributed by atoms with E-state index in [1.807, 2.05) is 0 Å². The number of carbonyl (C=O) groups excluding carboxylic acids is 3. The topological polar surface area (TPSA) is 109 Å². The third-order valence-corrected chi connectivity index (χ3v) is 6.06. The Morgan fingerprint density at radius 1 is 1.09 bits per heavy atom. The Morgan fingerprint density at radius 2 is 1.79 bits per heavy atom. The highest BCUT2D eigenvalue weighted by Gasteiger charge is 2.39. The molecule has 4 rings (SSSR count). The molecule has 0 saturated carbocycles. The van der Waals surface area contributed by atoms with Crippen LogP contribution in [0.25, 0.3) is 0 Å². The van der Waals surface area contributed by atoms with E-state index in [2.05, 4.69) is 16.0 Å². The number of amides is 4. The maximum absolute atomic E-state index is 13.3. The zero-order valence-corrected chi connectivity index (χ0v) is 19.0. The molecule has 0 aliphatic carbocycles. The number of rotatable bonds is 4. The van der Waals surface area contributed by atoms with Crippen LogP contribution in [-0.2, 0) is 9.53 Å². The fourth-order valence-corrected chi connectivity index (χ4v) is 4.24. The number of carbonyl (C=O) groups is 3. The van der Waals surface area contributed by atoms with E-state index in [4.69, 9.17) is 9.47 Å². The Labute approximate surface area is 196 Å². The zero-order valence-electron chi connectivity index (χ0n) is 19.0. The molecule has 0 unspecified atom stereocenters. The molecule has 0 aromatic heterocycles. The first kappa shape index (κ1) is 23.5. The average Bonchev–Trinajstić information content (AvgIpc) is 2.83. The van der Waals surface area contributed by atoms with E-state index < -0.39 is 11.8 Å². The van der Waals surface area contributed by atoms with Crippen molar-refractivity contribution in [2.24, 2.45) is 0 Å². The Kier molecular flexibility index (Phi) is 6.97. The minimum Gasteiger partial charge on any atom is -0.490 e. The predicted octanol–water partition coefficient (Wildman–Crippen LogP) is 2.99. The Morgan fingerprint density at radius 3 is 2.53 bits per heavy atom. The van der Waals surface area contributed by atoms with Gasteiger partial charge in [0.05, 0.1) is 24.1 Å². The summed E-state index contributed by atoms with van der Waals surface area (Å²) in [5.74, 6) is -0.353. The average molecular weight is 471 g/mol. The molecule has 3 N–H and O–H groups in total. The third kappa shape index (κ3) is 5.28. The number of fused-ring (bicyclic) bond motifs is 2. The van der Waals surface area contributed by atoms with E-state index in [1.54, 1.807) is 37.2 Å². The van der Waals surface area contributed by atoms with Crippen LogP contribution in [0.1, 0.15) is 29.6 Å². The number of likely N-dealkylation sites (N-methyl/N-ethyl adjacent to an activating group) is 1. The lowest BCUT2D eigenvalue weighted by Crippen LogP contribution is -2.53. The Hall–Kier alpha value is -3.66. The second-order valence-corrected chi connectivity index (χ2v) is 8.34. The van der Waals surface area contributed by atoms with Crippen molar-refractivity contribution in [2.45, 2.75) is 37.5 Å². The molecule has 0 spiro atoms. The summed E-state index contributed by atoms with van der Waals surface area (Å²) >= 11 is 0. The van der Waals surface area contributed by atoms with Crippen LogP contribution in [0, 0.1) is 5.82 Å². The number of nitrogens with one attached hydrogen (secondary N) is 3. The number of hydrogen-bond donors (Lipinski definition) is 3. The fourth-order valence-electron chi connectivity index (χ4n) is 4.24. The van der Waals surface area contributed by atoms with Gasteiger partial charge in [0, 0.05) is 25.5 Å². The van der Waals surface area contributed by atoms with E-state index in [0.717, 1.165) is 0 Å². The molecular weight excluding hydrogens is 443 g/mol. The number of halogens is 1. The van der Waals surface area contributed by atoms with Gasteiger partial charge in [0.25, 0.3) is 5.91 Å². The maximum atomic E-state index is 13.3. The van der Waals surface area contributed by atoms with Crippen LogP contribution >= 0.6 is 0 Å². The van der Waals surface area contributed by atoms with Crippen LogP contribution in [0.5, 0.6) is 5.75 Å². The van der Waals surface area contributed by atoms with Crippen LogP contribution in [-0.4, -0.2) is 61.7 Å². The smallest absolute Gasteiger partial charge is 0.323 e. The molecule has 2 aromatic rings. The van der Waals surface area contributed by atoms with Crippen LogP contribution in [0.3, 0.4) is 0 Å². The van der Waals surface area contributed by atoms with Crippen molar-refractivity contribution < 1.29 is 28.2 Å². The number of nitrogens with zero attached hydrogens (tertiary/aromatic N) is 1. The van der Waals surface area contributed by atoms with Crippen LogP contribution < -0.4 is 20.7 Å². The third-order valence-electron chi connectivity index (χ3n) is 6.06. The van der Waals surface area contributed by atoms with E-state index >= 15 is 0 Å². The van der Waals surface area contributed by atoms with Gasteiger partial charge >= 0.3 is 6.03 Å². The largest absolute Gasteiger partial charge is 0.490 e. The Bertz CT molecular complexity index is 1080. The molecule has 9 nitrogen and oxygen atoms in total. The molecule has 2 aromatic carbocycles. The number of hydrogen-bond acceptors (Lipinski definition) is 5. The van der Waals surface area contributed by atoms with Crippen molar-refractivity contribution >= 4 is 29.2 Å². The summed E-state index contributed by atoms with van der Waals surface area (Å²) < 4.78 is 25.1. The lowest BCUT2D eigenvalue weighted by molar-refractivity contribution is -0.133. The van der Waals surface area contributed by atoms with E-state index in [1.165, 1.54) is 24.3 Å². The molecule has 2 aliphatic heterocycles. The molecule has 4 amide bonds. The van der Waals surface area contributed by atoms with Crippen LogP contribution in [0.2, 0.25) is 0 Å². The second kappa shape index (κ2) is 10.1. The van der Waals surface area contributed by atoms with Gasteiger partial charge in [-0.15, -0.1) is 0 Å². The van der Waals surface area contributed by atoms with Crippen molar-refractivity contribution in [1.82, 2.24) is 10.2 Å². The number of urea groups is 1. The van der Waals surface area contributed by atoms with Gasteiger partial charge in [0.15, 0.2) is 0 Å². The molecule has 0 bridgehead atoms. The summed E-state index contributed by atoms with van der Waals surface area (Å²) in [6.07, 6.45) is 1.03. The molecule has 3 atom stereocenters. The summed E-state index contributed by atoms with van der Waals surface area (Å²) in [4.78, 5) is 39.0. The van der Waals surface area contributed by atoms with Crippen molar-refractivity contribution in [3.63, 3.8) is 0 Å². The summed E-state index contributed by atoms with van der Waals surface area (Å²) in [5, 5.41) is 7.90. The standard InChI is InChI=1S/C24H27FN4O5/c1-26-22(30)12-17-8-9-19-21(34-17)13-33-20-10-7-16(11-18(20)23(31)29(19)2)28-24(32)27-15-5-3-14(25)4-6-15/h3-7,10-11,17,19,21H,8-9,12-13H2,1-2H3,(H,26,30)(H2,27,28,32)/t17-,19+,21+/m1/s1. The van der Waals surface area contributed by atoms with Gasteiger partial charge in [-0.3, -0.25) is 9.59 Å². The van der Waals surface area contributed by atoms with Crippen LogP contribution in [0.15, 0.2) is 42.5 Å². The molecule has 34 heavy (non-hydrogen) atoms. The molecule has 1 fully saturated rings. The van der Waals surface area contributed by atoms with Crippen molar-refractivity contribution in [3.8, 4) is 5.75 Å². The van der Waals surface area contributed by atoms with Gasteiger partial charge in [-0.25, -0.2) is 9.18 Å². The van der Waals surface area contributed by atoms with Gasteiger partial charge in [0.1, 0.15) is 24.3 Å². The molecule has 2 aliphatic rings. The summed E-state index contributed by atoms with van der Waals surface area (Å²) in [5.41, 5.74) is 1.17. The van der Waals surface area contributed by atoms with E-state index in [-0.39, 0.29) is 43.1 Å². The highest BCUT2D eigenvalue weighted by molar-refractivity contribution is 6.02. The van der Waals surface area contributed by atoms with Crippen molar-refractivity contribution in [1.29, 1.82) is 0 Å². The molecule has 0 radical (unpaired) electrons. The molecule has 2 heterocycles. The number of ether oxygens (including phenoxy) is 2. The lowest BCUT2D eigenvalue weighted by atomic mass is 9.94. The SMILES string of the molecule is CNC(=O)C[C@H]1CC[C@H]2[C@H](COc3ccc(NC(=O)Nc4ccc(F)cc4)cc3C(=O)N2C)O1. The summed E-state index contributed by atoms with van der Waals surface area (Å²) in [7, 11) is 3.31. The number of anilines is 2. The highest BCUT2D eigenvalue weighted by Crippen LogP contribution is 2.32. The predicted molar refractivity (Wildman–Crippen MR) is 123 cm³/mol. The van der Waals surface area contributed by atoms with Gasteiger partial charge in [0.2, 0.25) is 5.91 Å². The van der Waals surface area contributed by atoms with Crippen molar-refractivity contribution in [3.05, 3.63) is 53.8 Å². The maximum Gasteiger partial charge on any atom is 0.323 e. The highest BCUT2D eigenvalue weighted by atomic mass is 19.1.